The molecule has 7 aromatic carbocycles. The number of hydrogen-bond donors (Lipinski definition) is 0. The first-order valence-electron chi connectivity index (χ1n) is 15.2. The summed E-state index contributed by atoms with van der Waals surface area (Å²) in [5, 5.41) is 7.64. The summed E-state index contributed by atoms with van der Waals surface area (Å²) in [6, 6.07) is 53.1. The van der Waals surface area contributed by atoms with Gasteiger partial charge in [0.05, 0.1) is 0 Å². The van der Waals surface area contributed by atoms with E-state index in [-0.39, 0.29) is 0 Å². The Morgan fingerprint density at radius 1 is 0.333 bits per heavy atom. The van der Waals surface area contributed by atoms with Crippen molar-refractivity contribution in [1.82, 2.24) is 0 Å². The lowest BCUT2D eigenvalue weighted by Crippen LogP contribution is -1.82. The molecule has 1 nitrogen and oxygen atoms in total. The molecular weight excluding hydrogens is 585 g/mol. The standard InChI is InChI=1S/C42H24OS2/c1-3-12-36-31(9-1)33-22-27(15-18-37(33)43-36)25-7-5-8-26(21-25)28-16-19-39-34(23-28)35-24-29(17-20-40(35)44-39)30-11-6-14-41-42(30)32-10-2-4-13-38(32)45-41/h1-24H. The van der Waals surface area contributed by atoms with Gasteiger partial charge in [0, 0.05) is 51.1 Å². The zero-order valence-corrected chi connectivity index (χ0v) is 25.7. The van der Waals surface area contributed by atoms with Gasteiger partial charge in [0.15, 0.2) is 0 Å². The summed E-state index contributed by atoms with van der Waals surface area (Å²) in [6.07, 6.45) is 0. The Morgan fingerprint density at radius 3 is 1.73 bits per heavy atom. The maximum absolute atomic E-state index is 6.08. The second-order valence-electron chi connectivity index (χ2n) is 11.7. The minimum absolute atomic E-state index is 0.925. The van der Waals surface area contributed by atoms with Crippen LogP contribution in [0.15, 0.2) is 150 Å². The molecule has 0 atom stereocenters. The largest absolute Gasteiger partial charge is 0.456 e. The highest BCUT2D eigenvalue weighted by Crippen LogP contribution is 2.43. The van der Waals surface area contributed by atoms with Crippen LogP contribution < -0.4 is 0 Å². The van der Waals surface area contributed by atoms with E-state index < -0.39 is 0 Å². The number of benzene rings is 7. The maximum atomic E-state index is 6.08. The van der Waals surface area contributed by atoms with Gasteiger partial charge in [0.25, 0.3) is 0 Å². The Bertz CT molecular complexity index is 2770. The summed E-state index contributed by atoms with van der Waals surface area (Å²) in [5.41, 5.74) is 9.27. The topological polar surface area (TPSA) is 13.1 Å². The predicted octanol–water partition coefficient (Wildman–Crippen LogP) is 13.3. The van der Waals surface area contributed by atoms with Crippen LogP contribution in [0.3, 0.4) is 0 Å². The predicted molar refractivity (Wildman–Crippen MR) is 196 cm³/mol. The van der Waals surface area contributed by atoms with Crippen LogP contribution in [0.5, 0.6) is 0 Å². The summed E-state index contributed by atoms with van der Waals surface area (Å²) in [6.45, 7) is 0. The van der Waals surface area contributed by atoms with Gasteiger partial charge in [0.1, 0.15) is 11.2 Å². The van der Waals surface area contributed by atoms with Crippen molar-refractivity contribution in [3.63, 3.8) is 0 Å². The van der Waals surface area contributed by atoms with Gasteiger partial charge < -0.3 is 4.42 Å². The van der Waals surface area contributed by atoms with E-state index >= 15 is 0 Å². The summed E-state index contributed by atoms with van der Waals surface area (Å²) < 4.78 is 11.4. The van der Waals surface area contributed by atoms with E-state index in [2.05, 4.69) is 133 Å². The average Bonchev–Trinajstić information content (AvgIpc) is 3.78. The number of thiophene rings is 2. The SMILES string of the molecule is c1cc(-c2ccc3oc4ccccc4c3c2)cc(-c2ccc3sc4ccc(-c5cccc6sc7ccccc7c56)cc4c3c2)c1. The van der Waals surface area contributed by atoms with Crippen molar-refractivity contribution in [1.29, 1.82) is 0 Å². The molecule has 3 heteroatoms. The van der Waals surface area contributed by atoms with Crippen LogP contribution in [0.25, 0.3) is 95.7 Å². The molecule has 0 radical (unpaired) electrons. The van der Waals surface area contributed by atoms with Crippen LogP contribution in [0.2, 0.25) is 0 Å². The number of rotatable bonds is 3. The van der Waals surface area contributed by atoms with Crippen LogP contribution in [0, 0.1) is 0 Å². The Kier molecular flexibility index (Phi) is 5.39. The van der Waals surface area contributed by atoms with Crippen LogP contribution in [0.4, 0.5) is 0 Å². The molecule has 0 fully saturated rings. The molecule has 0 aliphatic heterocycles. The van der Waals surface area contributed by atoms with Gasteiger partial charge in [-0.1, -0.05) is 84.9 Å². The first-order chi connectivity index (χ1) is 22.3. The van der Waals surface area contributed by atoms with Crippen LogP contribution >= 0.6 is 22.7 Å². The normalized spacial score (nSPS) is 12.0. The third-order valence-electron chi connectivity index (χ3n) is 9.09. The van der Waals surface area contributed by atoms with Crippen LogP contribution in [0.1, 0.15) is 0 Å². The van der Waals surface area contributed by atoms with Gasteiger partial charge >= 0.3 is 0 Å². The van der Waals surface area contributed by atoms with E-state index in [4.69, 9.17) is 4.42 Å². The molecule has 0 saturated heterocycles. The third kappa shape index (κ3) is 3.91. The molecule has 3 aromatic heterocycles. The van der Waals surface area contributed by atoms with E-state index in [1.807, 2.05) is 34.8 Å². The zero-order valence-electron chi connectivity index (χ0n) is 24.1. The molecule has 3 heterocycles. The zero-order chi connectivity index (χ0) is 29.5. The second kappa shape index (κ2) is 9.64. The smallest absolute Gasteiger partial charge is 0.135 e. The molecule has 45 heavy (non-hydrogen) atoms. The molecule has 210 valence electrons. The number of hydrogen-bond acceptors (Lipinski definition) is 3. The van der Waals surface area contributed by atoms with Crippen molar-refractivity contribution < 1.29 is 4.42 Å². The van der Waals surface area contributed by atoms with E-state index in [9.17, 15) is 0 Å². The van der Waals surface area contributed by atoms with Crippen molar-refractivity contribution in [2.24, 2.45) is 0 Å². The van der Waals surface area contributed by atoms with Crippen LogP contribution in [-0.2, 0) is 0 Å². The highest BCUT2D eigenvalue weighted by Gasteiger charge is 2.14. The highest BCUT2D eigenvalue weighted by molar-refractivity contribution is 7.26. The summed E-state index contributed by atoms with van der Waals surface area (Å²) in [4.78, 5) is 0. The molecule has 0 amide bonds. The number of para-hydroxylation sites is 1. The Labute approximate surface area is 267 Å². The van der Waals surface area contributed by atoms with Crippen molar-refractivity contribution in [3.05, 3.63) is 146 Å². The van der Waals surface area contributed by atoms with Crippen molar-refractivity contribution in [2.45, 2.75) is 0 Å². The fourth-order valence-electron chi connectivity index (χ4n) is 6.92. The molecule has 0 unspecified atom stereocenters. The maximum Gasteiger partial charge on any atom is 0.135 e. The molecule has 0 aliphatic rings. The third-order valence-corrected chi connectivity index (χ3v) is 11.4. The fraction of sp³-hybridized carbons (Fsp3) is 0. The lowest BCUT2D eigenvalue weighted by Gasteiger charge is -2.08. The highest BCUT2D eigenvalue weighted by atomic mass is 32.1. The Morgan fingerprint density at radius 2 is 0.889 bits per heavy atom. The molecule has 10 aromatic rings. The second-order valence-corrected chi connectivity index (χ2v) is 13.9. The fourth-order valence-corrected chi connectivity index (χ4v) is 9.12. The van der Waals surface area contributed by atoms with Gasteiger partial charge in [-0.3, -0.25) is 0 Å². The average molecular weight is 609 g/mol. The van der Waals surface area contributed by atoms with Gasteiger partial charge in [0.2, 0.25) is 0 Å². The summed E-state index contributed by atoms with van der Waals surface area (Å²) in [5.74, 6) is 0. The van der Waals surface area contributed by atoms with Gasteiger partial charge in [-0.2, -0.15) is 0 Å². The van der Waals surface area contributed by atoms with Crippen LogP contribution in [-0.4, -0.2) is 0 Å². The Hall–Kier alpha value is -5.22. The molecular formula is C42H24OS2. The minimum Gasteiger partial charge on any atom is -0.456 e. The summed E-state index contributed by atoms with van der Waals surface area (Å²) >= 11 is 3.75. The van der Waals surface area contributed by atoms with Crippen molar-refractivity contribution >= 4 is 85.0 Å². The molecule has 0 bridgehead atoms. The first kappa shape index (κ1) is 25.1. The van der Waals surface area contributed by atoms with Crippen molar-refractivity contribution in [2.75, 3.05) is 0 Å². The molecule has 0 N–H and O–H groups in total. The van der Waals surface area contributed by atoms with Gasteiger partial charge in [-0.05, 0) is 94.0 Å². The summed E-state index contributed by atoms with van der Waals surface area (Å²) in [7, 11) is 0. The number of fused-ring (bicyclic) bond motifs is 9. The number of furan rings is 1. The lowest BCUT2D eigenvalue weighted by atomic mass is 9.96. The van der Waals surface area contributed by atoms with Crippen molar-refractivity contribution in [3.8, 4) is 33.4 Å². The monoisotopic (exact) mass is 608 g/mol. The quantitative estimate of drug-likeness (QED) is 0.194. The Balaban J connectivity index is 1.09. The molecule has 0 aliphatic carbocycles. The lowest BCUT2D eigenvalue weighted by molar-refractivity contribution is 0.669. The minimum atomic E-state index is 0.925. The van der Waals surface area contributed by atoms with E-state index in [0.29, 0.717) is 0 Å². The van der Waals surface area contributed by atoms with E-state index in [1.54, 1.807) is 0 Å². The van der Waals surface area contributed by atoms with Gasteiger partial charge in [-0.25, -0.2) is 0 Å². The van der Waals surface area contributed by atoms with E-state index in [0.717, 1.165) is 21.9 Å². The van der Waals surface area contributed by atoms with E-state index in [1.165, 1.54) is 73.7 Å². The first-order valence-corrected chi connectivity index (χ1v) is 16.8. The van der Waals surface area contributed by atoms with Gasteiger partial charge in [-0.15, -0.1) is 22.7 Å². The molecule has 10 rings (SSSR count). The molecule has 0 saturated carbocycles. The molecule has 0 spiro atoms.